The highest BCUT2D eigenvalue weighted by Crippen LogP contribution is 2.18. The molecule has 6 heteroatoms. The van der Waals surface area contributed by atoms with Gasteiger partial charge in [-0.15, -0.1) is 0 Å². The van der Waals surface area contributed by atoms with Crippen molar-refractivity contribution in [1.29, 1.82) is 0 Å². The molecular weight excluding hydrogens is 352 g/mol. The van der Waals surface area contributed by atoms with Gasteiger partial charge >= 0.3 is 6.03 Å². The number of anilines is 1. The number of urea groups is 1. The average Bonchev–Trinajstić information content (AvgIpc) is 2.70. The van der Waals surface area contributed by atoms with E-state index < -0.39 is 0 Å². The standard InChI is InChI=1S/C22H34N4O2/c1-2-17-8-6-7-11-20(17)25-21(27)16-26-14-12-19(13-15-26)24-22(28)23-18-9-4-3-5-10-18/h6-8,11,18-19H,2-5,9-10,12-16H2,1H3,(H,25,27)(H2,23,24,28). The van der Waals surface area contributed by atoms with Gasteiger partial charge in [-0.2, -0.15) is 0 Å². The van der Waals surface area contributed by atoms with Gasteiger partial charge in [-0.3, -0.25) is 9.69 Å². The molecule has 1 aliphatic heterocycles. The smallest absolute Gasteiger partial charge is 0.315 e. The highest BCUT2D eigenvalue weighted by Gasteiger charge is 2.23. The van der Waals surface area contributed by atoms with E-state index in [4.69, 9.17) is 0 Å². The van der Waals surface area contributed by atoms with E-state index in [0.29, 0.717) is 12.6 Å². The van der Waals surface area contributed by atoms with Crippen molar-refractivity contribution >= 4 is 17.6 Å². The van der Waals surface area contributed by atoms with Gasteiger partial charge in [-0.25, -0.2) is 4.79 Å². The Labute approximate surface area is 168 Å². The fourth-order valence-corrected chi connectivity index (χ4v) is 4.24. The molecule has 154 valence electrons. The van der Waals surface area contributed by atoms with Crippen molar-refractivity contribution in [2.45, 2.75) is 70.4 Å². The van der Waals surface area contributed by atoms with Gasteiger partial charge in [0.15, 0.2) is 0 Å². The first-order valence-corrected chi connectivity index (χ1v) is 10.8. The first-order chi connectivity index (χ1) is 13.6. The van der Waals surface area contributed by atoms with E-state index in [2.05, 4.69) is 27.8 Å². The number of nitrogens with zero attached hydrogens (tertiary/aromatic N) is 1. The number of piperidine rings is 1. The molecule has 2 fully saturated rings. The largest absolute Gasteiger partial charge is 0.335 e. The van der Waals surface area contributed by atoms with E-state index in [0.717, 1.165) is 56.4 Å². The molecule has 1 heterocycles. The lowest BCUT2D eigenvalue weighted by Gasteiger charge is -2.32. The van der Waals surface area contributed by atoms with Crippen molar-refractivity contribution in [3.05, 3.63) is 29.8 Å². The fourth-order valence-electron chi connectivity index (χ4n) is 4.24. The summed E-state index contributed by atoms with van der Waals surface area (Å²) in [5.74, 6) is 0.0300. The number of carbonyl (C=O) groups excluding carboxylic acids is 2. The summed E-state index contributed by atoms with van der Waals surface area (Å²) >= 11 is 0. The number of hydrogen-bond donors (Lipinski definition) is 3. The summed E-state index contributed by atoms with van der Waals surface area (Å²) in [6.45, 7) is 4.15. The number of hydrogen-bond acceptors (Lipinski definition) is 3. The maximum Gasteiger partial charge on any atom is 0.315 e. The molecule has 0 atom stereocenters. The van der Waals surface area contributed by atoms with Crippen LogP contribution in [-0.4, -0.2) is 48.6 Å². The van der Waals surface area contributed by atoms with Crippen molar-refractivity contribution in [1.82, 2.24) is 15.5 Å². The third-order valence-corrected chi connectivity index (χ3v) is 5.90. The topological polar surface area (TPSA) is 73.5 Å². The number of carbonyl (C=O) groups is 2. The Balaban J connectivity index is 1.36. The quantitative estimate of drug-likeness (QED) is 0.702. The lowest BCUT2D eigenvalue weighted by atomic mass is 9.96. The van der Waals surface area contributed by atoms with Crippen LogP contribution in [0.3, 0.4) is 0 Å². The summed E-state index contributed by atoms with van der Waals surface area (Å²) in [7, 11) is 0. The van der Waals surface area contributed by atoms with E-state index in [9.17, 15) is 9.59 Å². The Morgan fingerprint density at radius 2 is 1.61 bits per heavy atom. The molecule has 3 N–H and O–H groups in total. The molecule has 6 nitrogen and oxygen atoms in total. The predicted molar refractivity (Wildman–Crippen MR) is 112 cm³/mol. The predicted octanol–water partition coefficient (Wildman–Crippen LogP) is 3.28. The van der Waals surface area contributed by atoms with Gasteiger partial charge in [0, 0.05) is 30.9 Å². The van der Waals surface area contributed by atoms with E-state index in [-0.39, 0.29) is 18.0 Å². The van der Waals surface area contributed by atoms with E-state index >= 15 is 0 Å². The maximum absolute atomic E-state index is 12.4. The minimum Gasteiger partial charge on any atom is -0.335 e. The molecular formula is C22H34N4O2. The molecule has 1 aliphatic carbocycles. The Hall–Kier alpha value is -2.08. The Morgan fingerprint density at radius 1 is 0.964 bits per heavy atom. The molecule has 0 spiro atoms. The molecule has 0 aromatic heterocycles. The van der Waals surface area contributed by atoms with E-state index in [1.807, 2.05) is 24.3 Å². The molecule has 0 radical (unpaired) electrons. The molecule has 0 bridgehead atoms. The number of rotatable bonds is 6. The summed E-state index contributed by atoms with van der Waals surface area (Å²) < 4.78 is 0. The third kappa shape index (κ3) is 6.23. The van der Waals surface area contributed by atoms with Crippen LogP contribution in [0.2, 0.25) is 0 Å². The van der Waals surface area contributed by atoms with Gasteiger partial charge in [0.05, 0.1) is 6.54 Å². The first kappa shape index (κ1) is 20.6. The number of benzene rings is 1. The lowest BCUT2D eigenvalue weighted by Crippen LogP contribution is -2.51. The summed E-state index contributed by atoms with van der Waals surface area (Å²) in [6, 6.07) is 8.45. The molecule has 0 unspecified atom stereocenters. The van der Waals surface area contributed by atoms with E-state index in [1.54, 1.807) is 0 Å². The summed E-state index contributed by atoms with van der Waals surface area (Å²) in [5, 5.41) is 9.27. The molecule has 1 saturated heterocycles. The zero-order valence-electron chi connectivity index (χ0n) is 17.0. The Morgan fingerprint density at radius 3 is 2.29 bits per heavy atom. The Bertz CT molecular complexity index is 650. The van der Waals surface area contributed by atoms with Crippen LogP contribution in [0.4, 0.5) is 10.5 Å². The highest BCUT2D eigenvalue weighted by atomic mass is 16.2. The minimum absolute atomic E-state index is 0.0285. The van der Waals surface area contributed by atoms with Gasteiger partial charge in [-0.1, -0.05) is 44.4 Å². The van der Waals surface area contributed by atoms with Gasteiger partial charge < -0.3 is 16.0 Å². The Kier molecular flexibility index (Phi) is 7.71. The number of amides is 3. The van der Waals surface area contributed by atoms with Crippen LogP contribution < -0.4 is 16.0 Å². The normalized spacial score (nSPS) is 19.2. The van der Waals surface area contributed by atoms with Crippen LogP contribution in [0.5, 0.6) is 0 Å². The SMILES string of the molecule is CCc1ccccc1NC(=O)CN1CCC(NC(=O)NC2CCCCC2)CC1. The van der Waals surface area contributed by atoms with Crippen molar-refractivity contribution in [3.63, 3.8) is 0 Å². The second kappa shape index (κ2) is 10.5. The summed E-state index contributed by atoms with van der Waals surface area (Å²) in [6.07, 6.45) is 8.59. The molecule has 3 rings (SSSR count). The molecule has 28 heavy (non-hydrogen) atoms. The summed E-state index contributed by atoms with van der Waals surface area (Å²) in [5.41, 5.74) is 2.06. The van der Waals surface area contributed by atoms with Crippen LogP contribution in [-0.2, 0) is 11.2 Å². The molecule has 2 aliphatic rings. The number of para-hydroxylation sites is 1. The van der Waals surface area contributed by atoms with Gasteiger partial charge in [0.25, 0.3) is 0 Å². The average molecular weight is 387 g/mol. The molecule has 1 aromatic rings. The lowest BCUT2D eigenvalue weighted by molar-refractivity contribution is -0.117. The van der Waals surface area contributed by atoms with Crippen LogP contribution in [0.25, 0.3) is 0 Å². The van der Waals surface area contributed by atoms with Gasteiger partial charge in [0.1, 0.15) is 0 Å². The first-order valence-electron chi connectivity index (χ1n) is 10.8. The molecule has 1 aromatic carbocycles. The zero-order chi connectivity index (χ0) is 19.8. The fraction of sp³-hybridized carbons (Fsp3) is 0.636. The summed E-state index contributed by atoms with van der Waals surface area (Å²) in [4.78, 5) is 26.8. The monoisotopic (exact) mass is 386 g/mol. The second-order valence-corrected chi connectivity index (χ2v) is 8.06. The van der Waals surface area contributed by atoms with Crippen molar-refractivity contribution in [3.8, 4) is 0 Å². The van der Waals surface area contributed by atoms with Crippen molar-refractivity contribution < 1.29 is 9.59 Å². The third-order valence-electron chi connectivity index (χ3n) is 5.90. The minimum atomic E-state index is -0.0285. The van der Waals surface area contributed by atoms with Gasteiger partial charge in [0.2, 0.25) is 5.91 Å². The van der Waals surface area contributed by atoms with Gasteiger partial charge in [-0.05, 0) is 43.7 Å². The highest BCUT2D eigenvalue weighted by molar-refractivity contribution is 5.93. The number of nitrogens with one attached hydrogen (secondary N) is 3. The number of aryl methyl sites for hydroxylation is 1. The zero-order valence-corrected chi connectivity index (χ0v) is 17.0. The van der Waals surface area contributed by atoms with E-state index in [1.165, 1.54) is 19.3 Å². The van der Waals surface area contributed by atoms with Crippen molar-refractivity contribution in [2.24, 2.45) is 0 Å². The van der Waals surface area contributed by atoms with Crippen LogP contribution in [0, 0.1) is 0 Å². The molecule has 1 saturated carbocycles. The number of likely N-dealkylation sites (tertiary alicyclic amines) is 1. The van der Waals surface area contributed by atoms with Crippen molar-refractivity contribution in [2.75, 3.05) is 25.0 Å². The van der Waals surface area contributed by atoms with Crippen LogP contribution >= 0.6 is 0 Å². The van der Waals surface area contributed by atoms with Crippen LogP contribution in [0.1, 0.15) is 57.4 Å². The molecule has 3 amide bonds. The second-order valence-electron chi connectivity index (χ2n) is 8.06. The van der Waals surface area contributed by atoms with Crippen LogP contribution in [0.15, 0.2) is 24.3 Å². The maximum atomic E-state index is 12.4.